The fourth-order valence-electron chi connectivity index (χ4n) is 2.04. The van der Waals surface area contributed by atoms with Crippen molar-refractivity contribution in [1.82, 2.24) is 0 Å². The van der Waals surface area contributed by atoms with Gasteiger partial charge in [-0.1, -0.05) is 30.3 Å². The number of para-hydroxylation sites is 1. The fraction of sp³-hybridized carbons (Fsp3) is 0.0556. The van der Waals surface area contributed by atoms with E-state index in [0.29, 0.717) is 12.2 Å². The predicted octanol–water partition coefficient (Wildman–Crippen LogP) is 4.72. The maximum atomic E-state index is 12.0. The van der Waals surface area contributed by atoms with Crippen molar-refractivity contribution in [2.75, 3.05) is 5.32 Å². The maximum absolute atomic E-state index is 12.0. The Hall–Kier alpha value is -2.59. The molecule has 1 N–H and O–H groups in total. The van der Waals surface area contributed by atoms with Gasteiger partial charge in [0, 0.05) is 16.6 Å². The Kier molecular flexibility index (Phi) is 4.51. The zero-order chi connectivity index (χ0) is 15.2. The third-order valence-corrected chi connectivity index (χ3v) is 3.89. The van der Waals surface area contributed by atoms with Crippen molar-refractivity contribution < 1.29 is 9.53 Å². The molecule has 110 valence electrons. The van der Waals surface area contributed by atoms with E-state index < -0.39 is 0 Å². The largest absolute Gasteiger partial charge is 0.457 e. The molecule has 4 heteroatoms. The average molecular weight is 309 g/mol. The number of nitrogens with one attached hydrogen (secondary N) is 1. The fourth-order valence-corrected chi connectivity index (χ4v) is 2.74. The number of ether oxygens (including phenoxy) is 1. The van der Waals surface area contributed by atoms with Crippen molar-refractivity contribution in [3.05, 3.63) is 77.0 Å². The first kappa shape index (κ1) is 14.4. The lowest BCUT2D eigenvalue weighted by Crippen LogP contribution is -2.13. The minimum atomic E-state index is -0.0284. The molecule has 0 saturated carbocycles. The van der Waals surface area contributed by atoms with E-state index in [4.69, 9.17) is 4.74 Å². The highest BCUT2D eigenvalue weighted by Gasteiger charge is 2.06. The Morgan fingerprint density at radius 2 is 1.77 bits per heavy atom. The molecule has 0 aliphatic carbocycles. The van der Waals surface area contributed by atoms with Crippen molar-refractivity contribution in [3.63, 3.8) is 0 Å². The highest BCUT2D eigenvalue weighted by molar-refractivity contribution is 7.10. The van der Waals surface area contributed by atoms with Crippen LogP contribution in [0.2, 0.25) is 0 Å². The molecule has 0 saturated heterocycles. The minimum absolute atomic E-state index is 0.0284. The molecule has 1 amide bonds. The topological polar surface area (TPSA) is 38.3 Å². The number of rotatable bonds is 5. The number of carbonyl (C=O) groups is 1. The normalized spacial score (nSPS) is 10.2. The first-order chi connectivity index (χ1) is 10.8. The van der Waals surface area contributed by atoms with E-state index in [2.05, 4.69) is 5.32 Å². The van der Waals surface area contributed by atoms with E-state index in [1.165, 1.54) is 0 Å². The summed E-state index contributed by atoms with van der Waals surface area (Å²) in [5, 5.41) is 4.86. The molecule has 0 bridgehead atoms. The zero-order valence-corrected chi connectivity index (χ0v) is 12.7. The molecule has 0 radical (unpaired) electrons. The monoisotopic (exact) mass is 309 g/mol. The Bertz CT molecular complexity index is 739. The molecule has 0 aliphatic rings. The summed E-state index contributed by atoms with van der Waals surface area (Å²) in [6.07, 6.45) is 0.390. The van der Waals surface area contributed by atoms with Gasteiger partial charge in [0.1, 0.15) is 11.5 Å². The summed E-state index contributed by atoms with van der Waals surface area (Å²) < 4.78 is 5.76. The van der Waals surface area contributed by atoms with Crippen LogP contribution in [0, 0.1) is 0 Å². The van der Waals surface area contributed by atoms with Crippen LogP contribution in [0.5, 0.6) is 11.5 Å². The number of carbonyl (C=O) groups excluding carboxylic acids is 1. The molecular formula is C18H15NO2S. The van der Waals surface area contributed by atoms with Crippen LogP contribution < -0.4 is 10.1 Å². The summed E-state index contributed by atoms with van der Waals surface area (Å²) >= 11 is 1.58. The van der Waals surface area contributed by atoms with Gasteiger partial charge in [0.25, 0.3) is 0 Å². The number of amides is 1. The molecule has 0 spiro atoms. The van der Waals surface area contributed by atoms with Gasteiger partial charge in [-0.15, -0.1) is 11.3 Å². The molecule has 0 unspecified atom stereocenters. The van der Waals surface area contributed by atoms with E-state index in [0.717, 1.165) is 16.3 Å². The van der Waals surface area contributed by atoms with Crippen molar-refractivity contribution in [2.24, 2.45) is 0 Å². The van der Waals surface area contributed by atoms with Gasteiger partial charge in [0.05, 0.1) is 6.42 Å². The van der Waals surface area contributed by atoms with E-state index >= 15 is 0 Å². The van der Waals surface area contributed by atoms with Crippen molar-refractivity contribution in [1.29, 1.82) is 0 Å². The van der Waals surface area contributed by atoms with Gasteiger partial charge in [-0.2, -0.15) is 0 Å². The molecular weight excluding hydrogens is 294 g/mol. The second-order valence-corrected chi connectivity index (χ2v) is 5.78. The van der Waals surface area contributed by atoms with Gasteiger partial charge in [-0.05, 0) is 35.7 Å². The molecule has 22 heavy (non-hydrogen) atoms. The maximum Gasteiger partial charge on any atom is 0.229 e. The van der Waals surface area contributed by atoms with E-state index in [1.54, 1.807) is 11.3 Å². The lowest BCUT2D eigenvalue weighted by Gasteiger charge is -2.08. The predicted molar refractivity (Wildman–Crippen MR) is 89.6 cm³/mol. The Morgan fingerprint density at radius 1 is 0.955 bits per heavy atom. The number of anilines is 1. The highest BCUT2D eigenvalue weighted by Crippen LogP contribution is 2.24. The standard InChI is InChI=1S/C18H15NO2S/c20-18(13-17-10-5-11-22-17)19-14-6-4-9-16(12-14)21-15-7-2-1-3-8-15/h1-12H,13H2,(H,19,20). The first-order valence-corrected chi connectivity index (χ1v) is 7.83. The second kappa shape index (κ2) is 6.91. The molecule has 2 aromatic carbocycles. The summed E-state index contributed by atoms with van der Waals surface area (Å²) in [4.78, 5) is 13.1. The van der Waals surface area contributed by atoms with Crippen molar-refractivity contribution >= 4 is 22.9 Å². The highest BCUT2D eigenvalue weighted by atomic mass is 32.1. The van der Waals surface area contributed by atoms with Crippen LogP contribution >= 0.6 is 11.3 Å². The first-order valence-electron chi connectivity index (χ1n) is 6.95. The number of benzene rings is 2. The van der Waals surface area contributed by atoms with Crippen LogP contribution in [0.1, 0.15) is 4.88 Å². The Balaban J connectivity index is 1.65. The third kappa shape index (κ3) is 3.96. The van der Waals surface area contributed by atoms with Crippen molar-refractivity contribution in [3.8, 4) is 11.5 Å². The molecule has 0 fully saturated rings. The molecule has 3 aromatic rings. The summed E-state index contributed by atoms with van der Waals surface area (Å²) in [7, 11) is 0. The van der Waals surface area contributed by atoms with Crippen LogP contribution in [0.3, 0.4) is 0 Å². The third-order valence-electron chi connectivity index (χ3n) is 3.01. The van der Waals surface area contributed by atoms with Crippen LogP contribution in [-0.2, 0) is 11.2 Å². The van der Waals surface area contributed by atoms with Gasteiger partial charge in [-0.3, -0.25) is 4.79 Å². The lowest BCUT2D eigenvalue weighted by atomic mass is 10.2. The van der Waals surface area contributed by atoms with E-state index in [-0.39, 0.29) is 5.91 Å². The van der Waals surface area contributed by atoms with E-state index in [9.17, 15) is 4.79 Å². The molecule has 3 nitrogen and oxygen atoms in total. The minimum Gasteiger partial charge on any atom is -0.457 e. The SMILES string of the molecule is O=C(Cc1cccs1)Nc1cccc(Oc2ccccc2)c1. The zero-order valence-electron chi connectivity index (χ0n) is 11.9. The van der Waals surface area contributed by atoms with Crippen LogP contribution in [0.25, 0.3) is 0 Å². The van der Waals surface area contributed by atoms with Gasteiger partial charge in [-0.25, -0.2) is 0 Å². The van der Waals surface area contributed by atoms with Gasteiger partial charge in [0.2, 0.25) is 5.91 Å². The Morgan fingerprint density at radius 3 is 2.55 bits per heavy atom. The van der Waals surface area contributed by atoms with Crippen LogP contribution in [0.15, 0.2) is 72.1 Å². The Labute approximate surface area is 133 Å². The molecule has 0 aliphatic heterocycles. The van der Waals surface area contributed by atoms with Crippen LogP contribution in [0.4, 0.5) is 5.69 Å². The molecule has 1 aromatic heterocycles. The molecule has 3 rings (SSSR count). The number of hydrogen-bond donors (Lipinski definition) is 1. The average Bonchev–Trinajstić information content (AvgIpc) is 3.01. The lowest BCUT2D eigenvalue weighted by molar-refractivity contribution is -0.115. The summed E-state index contributed by atoms with van der Waals surface area (Å²) in [6, 6.07) is 20.9. The number of thiophene rings is 1. The summed E-state index contributed by atoms with van der Waals surface area (Å²) in [5.74, 6) is 1.43. The van der Waals surface area contributed by atoms with E-state index in [1.807, 2.05) is 72.1 Å². The van der Waals surface area contributed by atoms with Gasteiger partial charge >= 0.3 is 0 Å². The van der Waals surface area contributed by atoms with Crippen LogP contribution in [-0.4, -0.2) is 5.91 Å². The molecule has 0 atom stereocenters. The molecule has 1 heterocycles. The summed E-state index contributed by atoms with van der Waals surface area (Å²) in [5.41, 5.74) is 0.731. The quantitative estimate of drug-likeness (QED) is 0.740. The number of hydrogen-bond acceptors (Lipinski definition) is 3. The van der Waals surface area contributed by atoms with Crippen molar-refractivity contribution in [2.45, 2.75) is 6.42 Å². The second-order valence-electron chi connectivity index (χ2n) is 4.75. The summed E-state index contributed by atoms with van der Waals surface area (Å²) in [6.45, 7) is 0. The van der Waals surface area contributed by atoms with Gasteiger partial charge < -0.3 is 10.1 Å². The van der Waals surface area contributed by atoms with Gasteiger partial charge in [0.15, 0.2) is 0 Å². The smallest absolute Gasteiger partial charge is 0.229 e.